The van der Waals surface area contributed by atoms with Crippen molar-refractivity contribution in [3.8, 4) is 0 Å². The van der Waals surface area contributed by atoms with Gasteiger partial charge in [-0.2, -0.15) is 0 Å². The molecule has 1 aromatic rings. The highest BCUT2D eigenvalue weighted by Gasteiger charge is 2.27. The van der Waals surface area contributed by atoms with Gasteiger partial charge in [-0.15, -0.1) is 0 Å². The summed E-state index contributed by atoms with van der Waals surface area (Å²) in [5, 5.41) is 11.9. The Morgan fingerprint density at radius 3 is 3.05 bits per heavy atom. The van der Waals surface area contributed by atoms with Gasteiger partial charge in [-0.25, -0.2) is 4.39 Å². The maximum Gasteiger partial charge on any atom is 0.238 e. The summed E-state index contributed by atoms with van der Waals surface area (Å²) < 4.78 is 19.0. The van der Waals surface area contributed by atoms with E-state index in [1.165, 1.54) is 12.1 Å². The number of hydrogen-bond donors (Lipinski definition) is 2. The quantitative estimate of drug-likeness (QED) is 0.884. The van der Waals surface area contributed by atoms with Crippen LogP contribution in [0.5, 0.6) is 0 Å². The monoisotopic (exact) mass is 316 g/mol. The van der Waals surface area contributed by atoms with E-state index in [-0.39, 0.29) is 41.9 Å². The minimum Gasteiger partial charge on any atom is -0.394 e. The number of carbonyl (C=O) groups excluding carboxylic acids is 1. The molecule has 1 fully saturated rings. The molecule has 2 rings (SSSR count). The standard InChI is InChI=1S/C14H18ClFN2O3/c1-9-8-21-11(7-19)5-18(9)6-14(20)17-13-3-2-10(15)4-12(13)16/h2-4,9,11,19H,5-8H2,1H3,(H,17,20). The lowest BCUT2D eigenvalue weighted by atomic mass is 10.2. The van der Waals surface area contributed by atoms with Crippen LogP contribution in [0.1, 0.15) is 6.92 Å². The Hall–Kier alpha value is -1.21. The number of nitrogens with zero attached hydrogens (tertiary/aromatic N) is 1. The molecule has 0 bridgehead atoms. The van der Waals surface area contributed by atoms with Crippen molar-refractivity contribution in [2.75, 3.05) is 31.6 Å². The molecule has 2 atom stereocenters. The second-order valence-electron chi connectivity index (χ2n) is 5.09. The molecule has 7 heteroatoms. The van der Waals surface area contributed by atoms with E-state index in [1.807, 2.05) is 11.8 Å². The summed E-state index contributed by atoms with van der Waals surface area (Å²) in [4.78, 5) is 13.9. The third-order valence-electron chi connectivity index (χ3n) is 3.39. The van der Waals surface area contributed by atoms with E-state index in [2.05, 4.69) is 5.32 Å². The van der Waals surface area contributed by atoms with Gasteiger partial charge in [0.15, 0.2) is 0 Å². The lowest BCUT2D eigenvalue weighted by Crippen LogP contribution is -2.51. The smallest absolute Gasteiger partial charge is 0.238 e. The van der Waals surface area contributed by atoms with Gasteiger partial charge in [0.1, 0.15) is 5.82 Å². The summed E-state index contributed by atoms with van der Waals surface area (Å²) in [6.07, 6.45) is -0.290. The number of benzene rings is 1. The molecule has 0 aromatic heterocycles. The fourth-order valence-corrected chi connectivity index (χ4v) is 2.33. The summed E-state index contributed by atoms with van der Waals surface area (Å²) in [6, 6.07) is 4.15. The summed E-state index contributed by atoms with van der Waals surface area (Å²) >= 11 is 5.66. The number of nitrogens with one attached hydrogen (secondary N) is 1. The van der Waals surface area contributed by atoms with E-state index in [1.54, 1.807) is 0 Å². The summed E-state index contributed by atoms with van der Waals surface area (Å²) in [7, 11) is 0. The molecule has 1 aliphatic heterocycles. The van der Waals surface area contributed by atoms with Crippen LogP contribution in [-0.4, -0.2) is 54.4 Å². The van der Waals surface area contributed by atoms with Crippen molar-refractivity contribution >= 4 is 23.2 Å². The second kappa shape index (κ2) is 7.17. The highest BCUT2D eigenvalue weighted by atomic mass is 35.5. The molecule has 1 heterocycles. The zero-order valence-corrected chi connectivity index (χ0v) is 12.4. The number of anilines is 1. The van der Waals surface area contributed by atoms with E-state index in [0.717, 1.165) is 6.07 Å². The molecule has 0 aliphatic carbocycles. The molecule has 5 nitrogen and oxygen atoms in total. The molecule has 0 saturated carbocycles. The third-order valence-corrected chi connectivity index (χ3v) is 3.63. The summed E-state index contributed by atoms with van der Waals surface area (Å²) in [5.74, 6) is -0.888. The van der Waals surface area contributed by atoms with Gasteiger partial charge in [0, 0.05) is 17.6 Å². The number of aliphatic hydroxyl groups excluding tert-OH is 1. The predicted molar refractivity (Wildman–Crippen MR) is 77.9 cm³/mol. The molecule has 1 aromatic carbocycles. The number of ether oxygens (including phenoxy) is 1. The molecule has 1 aliphatic rings. The van der Waals surface area contributed by atoms with Crippen LogP contribution >= 0.6 is 11.6 Å². The topological polar surface area (TPSA) is 61.8 Å². The first kappa shape index (κ1) is 16.2. The van der Waals surface area contributed by atoms with Crippen LogP contribution in [0.15, 0.2) is 18.2 Å². The van der Waals surface area contributed by atoms with E-state index >= 15 is 0 Å². The van der Waals surface area contributed by atoms with Crippen molar-refractivity contribution in [2.45, 2.75) is 19.1 Å². The van der Waals surface area contributed by atoms with Gasteiger partial charge in [0.2, 0.25) is 5.91 Å². The predicted octanol–water partition coefficient (Wildman–Crippen LogP) is 1.50. The van der Waals surface area contributed by atoms with Crippen molar-refractivity contribution in [1.82, 2.24) is 4.90 Å². The second-order valence-corrected chi connectivity index (χ2v) is 5.53. The summed E-state index contributed by atoms with van der Waals surface area (Å²) in [5.41, 5.74) is 0.101. The SMILES string of the molecule is CC1COC(CO)CN1CC(=O)Nc1ccc(Cl)cc1F. The van der Waals surface area contributed by atoms with Gasteiger partial charge in [-0.1, -0.05) is 11.6 Å². The Labute approximate surface area is 127 Å². The van der Waals surface area contributed by atoms with Crippen molar-refractivity contribution in [3.63, 3.8) is 0 Å². The zero-order valence-electron chi connectivity index (χ0n) is 11.7. The van der Waals surface area contributed by atoms with Crippen LogP contribution in [0.25, 0.3) is 0 Å². The van der Waals surface area contributed by atoms with Gasteiger partial charge in [-0.05, 0) is 25.1 Å². The van der Waals surface area contributed by atoms with Crippen LogP contribution in [0.4, 0.5) is 10.1 Å². The van der Waals surface area contributed by atoms with Crippen LogP contribution in [-0.2, 0) is 9.53 Å². The molecule has 0 radical (unpaired) electrons. The van der Waals surface area contributed by atoms with Crippen LogP contribution < -0.4 is 5.32 Å². The number of aliphatic hydroxyl groups is 1. The Morgan fingerprint density at radius 1 is 1.62 bits per heavy atom. The molecule has 116 valence electrons. The van der Waals surface area contributed by atoms with Crippen molar-refractivity contribution in [2.24, 2.45) is 0 Å². The number of rotatable bonds is 4. The van der Waals surface area contributed by atoms with Crippen LogP contribution in [0.2, 0.25) is 5.02 Å². The average molecular weight is 317 g/mol. The van der Waals surface area contributed by atoms with Crippen molar-refractivity contribution in [1.29, 1.82) is 0 Å². The highest BCUT2D eigenvalue weighted by Crippen LogP contribution is 2.19. The molecule has 0 spiro atoms. The fraction of sp³-hybridized carbons (Fsp3) is 0.500. The fourth-order valence-electron chi connectivity index (χ4n) is 2.17. The van der Waals surface area contributed by atoms with Crippen molar-refractivity contribution in [3.05, 3.63) is 29.0 Å². The molecular weight excluding hydrogens is 299 g/mol. The number of carbonyl (C=O) groups is 1. The highest BCUT2D eigenvalue weighted by molar-refractivity contribution is 6.30. The average Bonchev–Trinajstić information content (AvgIpc) is 2.44. The number of hydrogen-bond acceptors (Lipinski definition) is 4. The first-order valence-electron chi connectivity index (χ1n) is 6.71. The van der Waals surface area contributed by atoms with E-state index in [9.17, 15) is 9.18 Å². The zero-order chi connectivity index (χ0) is 15.4. The van der Waals surface area contributed by atoms with Crippen LogP contribution in [0.3, 0.4) is 0 Å². The van der Waals surface area contributed by atoms with Gasteiger partial charge in [0.05, 0.1) is 31.5 Å². The van der Waals surface area contributed by atoms with Gasteiger partial charge in [0.25, 0.3) is 0 Å². The lowest BCUT2D eigenvalue weighted by Gasteiger charge is -2.36. The van der Waals surface area contributed by atoms with Crippen LogP contribution in [0, 0.1) is 5.82 Å². The Morgan fingerprint density at radius 2 is 2.38 bits per heavy atom. The molecule has 21 heavy (non-hydrogen) atoms. The number of morpholine rings is 1. The van der Waals surface area contributed by atoms with Crippen molar-refractivity contribution < 1.29 is 19.0 Å². The first-order valence-corrected chi connectivity index (χ1v) is 7.08. The number of halogens is 2. The molecule has 1 amide bonds. The Kier molecular flexibility index (Phi) is 5.52. The van der Waals surface area contributed by atoms with E-state index in [0.29, 0.717) is 13.2 Å². The van der Waals surface area contributed by atoms with E-state index in [4.69, 9.17) is 21.4 Å². The third kappa shape index (κ3) is 4.38. The minimum atomic E-state index is -0.570. The summed E-state index contributed by atoms with van der Waals surface area (Å²) in [6.45, 7) is 2.88. The largest absolute Gasteiger partial charge is 0.394 e. The van der Waals surface area contributed by atoms with E-state index < -0.39 is 5.82 Å². The lowest BCUT2D eigenvalue weighted by molar-refractivity contribution is -0.122. The maximum absolute atomic E-state index is 13.6. The van der Waals surface area contributed by atoms with Gasteiger partial charge in [-0.3, -0.25) is 9.69 Å². The van der Waals surface area contributed by atoms with Gasteiger partial charge < -0.3 is 15.2 Å². The Balaban J connectivity index is 1.94. The van der Waals surface area contributed by atoms with Gasteiger partial charge >= 0.3 is 0 Å². The minimum absolute atomic E-state index is 0.0635. The molecule has 2 N–H and O–H groups in total. The molecule has 1 saturated heterocycles. The molecule has 2 unspecified atom stereocenters. The number of amides is 1. The normalized spacial score (nSPS) is 23.0. The Bertz CT molecular complexity index is 515. The molecular formula is C14H18ClFN2O3. The maximum atomic E-state index is 13.6. The first-order chi connectivity index (χ1) is 9.99.